The molecule has 0 amide bonds. The van der Waals surface area contributed by atoms with Crippen molar-refractivity contribution in [2.45, 2.75) is 0 Å². The van der Waals surface area contributed by atoms with E-state index in [2.05, 4.69) is 4.89 Å². The summed E-state index contributed by atoms with van der Waals surface area (Å²) in [6.07, 6.45) is 0. The van der Waals surface area contributed by atoms with Crippen LogP contribution in [0.4, 0.5) is 0 Å². The number of phenolic OH excluding ortho intramolecular Hbond substituents is 4. The standard InChI is InChI=1S/C15H10O8/c16-7-4-10(19)12-11(5-7)22-14(15(23-21)13(12)20)6-1-2-8(17)9(18)3-6/h1-5,16-19,21H. The number of rotatable bonds is 2. The van der Waals surface area contributed by atoms with E-state index < -0.39 is 28.4 Å². The fourth-order valence-electron chi connectivity index (χ4n) is 2.21. The molecule has 0 aliphatic heterocycles. The number of fused-ring (bicyclic) bond motifs is 1. The van der Waals surface area contributed by atoms with E-state index in [9.17, 15) is 25.2 Å². The first kappa shape index (κ1) is 14.5. The van der Waals surface area contributed by atoms with Gasteiger partial charge in [0.2, 0.25) is 5.43 Å². The SMILES string of the molecule is O=c1c(OO)c(-c2ccc(O)c(O)c2)oc2cc(O)cc(O)c12. The van der Waals surface area contributed by atoms with Crippen LogP contribution < -0.4 is 10.3 Å². The second-order valence-corrected chi connectivity index (χ2v) is 4.72. The molecule has 3 rings (SSSR count). The predicted molar refractivity (Wildman–Crippen MR) is 77.8 cm³/mol. The zero-order chi connectivity index (χ0) is 16.7. The Kier molecular flexibility index (Phi) is 3.23. The van der Waals surface area contributed by atoms with E-state index in [1.165, 1.54) is 6.07 Å². The highest BCUT2D eigenvalue weighted by atomic mass is 17.1. The van der Waals surface area contributed by atoms with Gasteiger partial charge in [0.05, 0.1) is 0 Å². The van der Waals surface area contributed by atoms with Crippen LogP contribution in [-0.2, 0) is 0 Å². The van der Waals surface area contributed by atoms with Gasteiger partial charge in [-0.25, -0.2) is 5.26 Å². The molecule has 0 saturated carbocycles. The van der Waals surface area contributed by atoms with Crippen molar-refractivity contribution in [3.63, 3.8) is 0 Å². The Morgan fingerprint density at radius 2 is 1.65 bits per heavy atom. The van der Waals surface area contributed by atoms with Crippen molar-refractivity contribution in [2.24, 2.45) is 0 Å². The third kappa shape index (κ3) is 2.27. The average Bonchev–Trinajstić information content (AvgIpc) is 2.49. The third-order valence-electron chi connectivity index (χ3n) is 3.25. The van der Waals surface area contributed by atoms with Crippen LogP contribution in [0.15, 0.2) is 39.5 Å². The molecule has 8 nitrogen and oxygen atoms in total. The molecule has 118 valence electrons. The maximum absolute atomic E-state index is 12.3. The summed E-state index contributed by atoms with van der Waals surface area (Å²) >= 11 is 0. The molecule has 0 bridgehead atoms. The number of phenols is 4. The molecule has 0 aliphatic carbocycles. The topological polar surface area (TPSA) is 141 Å². The van der Waals surface area contributed by atoms with Crippen molar-refractivity contribution in [3.05, 3.63) is 40.6 Å². The minimum atomic E-state index is -0.881. The highest BCUT2D eigenvalue weighted by Gasteiger charge is 2.21. The summed E-state index contributed by atoms with van der Waals surface area (Å²) < 4.78 is 5.41. The molecule has 0 aliphatic rings. The van der Waals surface area contributed by atoms with Crippen molar-refractivity contribution in [1.82, 2.24) is 0 Å². The molecule has 2 aromatic carbocycles. The lowest BCUT2D eigenvalue weighted by molar-refractivity contribution is -0.138. The summed E-state index contributed by atoms with van der Waals surface area (Å²) in [6.45, 7) is 0. The summed E-state index contributed by atoms with van der Waals surface area (Å²) in [4.78, 5) is 16.4. The van der Waals surface area contributed by atoms with Crippen molar-refractivity contribution < 1.29 is 35.0 Å². The van der Waals surface area contributed by atoms with Gasteiger partial charge in [-0.1, -0.05) is 0 Å². The molecule has 1 aromatic heterocycles. The largest absolute Gasteiger partial charge is 0.508 e. The molecule has 0 radical (unpaired) electrons. The molecule has 8 heteroatoms. The van der Waals surface area contributed by atoms with E-state index in [0.29, 0.717) is 0 Å². The molecule has 23 heavy (non-hydrogen) atoms. The molecular weight excluding hydrogens is 308 g/mol. The van der Waals surface area contributed by atoms with Crippen LogP contribution in [0.25, 0.3) is 22.3 Å². The summed E-state index contributed by atoms with van der Waals surface area (Å²) in [5.41, 5.74) is -0.920. The summed E-state index contributed by atoms with van der Waals surface area (Å²) in [5.74, 6) is -2.64. The lowest BCUT2D eigenvalue weighted by Gasteiger charge is -2.09. The molecule has 5 N–H and O–H groups in total. The van der Waals surface area contributed by atoms with Crippen LogP contribution in [0.3, 0.4) is 0 Å². The summed E-state index contributed by atoms with van der Waals surface area (Å²) in [6, 6.07) is 5.58. The second-order valence-electron chi connectivity index (χ2n) is 4.72. The zero-order valence-electron chi connectivity index (χ0n) is 11.3. The lowest BCUT2D eigenvalue weighted by atomic mass is 10.1. The number of benzene rings is 2. The molecule has 0 atom stereocenters. The Morgan fingerprint density at radius 1 is 0.913 bits per heavy atom. The van der Waals surface area contributed by atoms with Gasteiger partial charge in [-0.3, -0.25) is 4.79 Å². The fourth-order valence-corrected chi connectivity index (χ4v) is 2.21. The van der Waals surface area contributed by atoms with Crippen molar-refractivity contribution in [2.75, 3.05) is 0 Å². The van der Waals surface area contributed by atoms with Crippen LogP contribution in [0.5, 0.6) is 28.7 Å². The van der Waals surface area contributed by atoms with Crippen LogP contribution in [0, 0.1) is 0 Å². The minimum absolute atomic E-state index is 0.117. The smallest absolute Gasteiger partial charge is 0.256 e. The van der Waals surface area contributed by atoms with E-state index in [4.69, 9.17) is 9.67 Å². The third-order valence-corrected chi connectivity index (χ3v) is 3.25. The average molecular weight is 318 g/mol. The van der Waals surface area contributed by atoms with E-state index >= 15 is 0 Å². The first-order valence-electron chi connectivity index (χ1n) is 6.29. The molecule has 3 aromatic rings. The maximum Gasteiger partial charge on any atom is 0.256 e. The monoisotopic (exact) mass is 318 g/mol. The van der Waals surface area contributed by atoms with Crippen molar-refractivity contribution in [3.8, 4) is 40.1 Å². The molecule has 0 unspecified atom stereocenters. The number of hydrogen-bond donors (Lipinski definition) is 5. The van der Waals surface area contributed by atoms with Crippen LogP contribution >= 0.6 is 0 Å². The highest BCUT2D eigenvalue weighted by Crippen LogP contribution is 2.37. The van der Waals surface area contributed by atoms with E-state index in [-0.39, 0.29) is 28.0 Å². The number of aromatic hydroxyl groups is 4. The quantitative estimate of drug-likeness (QED) is 0.275. The second kappa shape index (κ2) is 5.11. The summed E-state index contributed by atoms with van der Waals surface area (Å²) in [5, 5.41) is 46.8. The first-order chi connectivity index (χ1) is 10.9. The Bertz CT molecular complexity index is 973. The van der Waals surface area contributed by atoms with E-state index in [1.807, 2.05) is 0 Å². The normalized spacial score (nSPS) is 10.8. The van der Waals surface area contributed by atoms with Gasteiger partial charge in [0.25, 0.3) is 5.75 Å². The Morgan fingerprint density at radius 3 is 2.30 bits per heavy atom. The lowest BCUT2D eigenvalue weighted by Crippen LogP contribution is -2.08. The van der Waals surface area contributed by atoms with Gasteiger partial charge in [-0.15, -0.1) is 0 Å². The van der Waals surface area contributed by atoms with E-state index in [1.54, 1.807) is 0 Å². The maximum atomic E-state index is 12.3. The molecule has 0 fully saturated rings. The van der Waals surface area contributed by atoms with Gasteiger partial charge < -0.3 is 29.7 Å². The Labute approximate surface area is 127 Å². The molecule has 1 heterocycles. The highest BCUT2D eigenvalue weighted by molar-refractivity contribution is 5.88. The van der Waals surface area contributed by atoms with Crippen LogP contribution in [0.2, 0.25) is 0 Å². The molecule has 0 spiro atoms. The van der Waals surface area contributed by atoms with Gasteiger partial charge in [0, 0.05) is 17.7 Å². The van der Waals surface area contributed by atoms with Gasteiger partial charge in [0.1, 0.15) is 22.5 Å². The van der Waals surface area contributed by atoms with Crippen molar-refractivity contribution in [1.29, 1.82) is 0 Å². The molecule has 0 saturated heterocycles. The zero-order valence-corrected chi connectivity index (χ0v) is 11.3. The van der Waals surface area contributed by atoms with E-state index in [0.717, 1.165) is 24.3 Å². The molecular formula is C15H10O8. The van der Waals surface area contributed by atoms with Crippen LogP contribution in [-0.4, -0.2) is 25.7 Å². The Balaban J connectivity index is 2.40. The van der Waals surface area contributed by atoms with Gasteiger partial charge >= 0.3 is 0 Å². The van der Waals surface area contributed by atoms with Gasteiger partial charge in [0.15, 0.2) is 17.3 Å². The summed E-state index contributed by atoms with van der Waals surface area (Å²) in [7, 11) is 0. The Hall–Kier alpha value is -3.39. The van der Waals surface area contributed by atoms with Gasteiger partial charge in [-0.2, -0.15) is 0 Å². The van der Waals surface area contributed by atoms with Gasteiger partial charge in [-0.05, 0) is 18.2 Å². The first-order valence-corrected chi connectivity index (χ1v) is 6.29. The minimum Gasteiger partial charge on any atom is -0.508 e. The fraction of sp³-hybridized carbons (Fsp3) is 0. The van der Waals surface area contributed by atoms with Crippen LogP contribution in [0.1, 0.15) is 0 Å². The van der Waals surface area contributed by atoms with Crippen molar-refractivity contribution >= 4 is 11.0 Å². The predicted octanol–water partition coefficient (Wildman–Crippen LogP) is 2.13. The number of hydrogen-bond acceptors (Lipinski definition) is 8.